The summed E-state index contributed by atoms with van der Waals surface area (Å²) in [6.07, 6.45) is 1.99. The molecule has 0 heterocycles. The fraction of sp³-hybridized carbons (Fsp3) is 0.231. The van der Waals surface area contributed by atoms with Gasteiger partial charge in [-0.3, -0.25) is 4.79 Å². The zero-order valence-corrected chi connectivity index (χ0v) is 18.7. The van der Waals surface area contributed by atoms with E-state index in [1.165, 1.54) is 0 Å². The van der Waals surface area contributed by atoms with Crippen LogP contribution in [0.4, 0.5) is 16.2 Å². The summed E-state index contributed by atoms with van der Waals surface area (Å²) >= 11 is 0. The maximum Gasteiger partial charge on any atom is 0.319 e. The lowest BCUT2D eigenvalue weighted by Gasteiger charge is -2.19. The molecule has 0 spiro atoms. The highest BCUT2D eigenvalue weighted by Crippen LogP contribution is 2.23. The van der Waals surface area contributed by atoms with Crippen LogP contribution in [0.1, 0.15) is 24.8 Å². The minimum Gasteiger partial charge on any atom is -0.457 e. The number of urea groups is 1. The quantitative estimate of drug-likeness (QED) is 0.327. The maximum atomic E-state index is 12.8. The topological polar surface area (TPSA) is 105 Å². The van der Waals surface area contributed by atoms with Gasteiger partial charge in [0.15, 0.2) is 0 Å². The van der Waals surface area contributed by atoms with E-state index < -0.39 is 12.1 Å². The van der Waals surface area contributed by atoms with Crippen LogP contribution in [-0.4, -0.2) is 24.5 Å². The molecule has 7 nitrogen and oxygen atoms in total. The summed E-state index contributed by atoms with van der Waals surface area (Å²) in [6, 6.07) is 22.8. The Morgan fingerprint density at radius 2 is 1.58 bits per heavy atom. The number of ether oxygens (including phenoxy) is 1. The molecule has 5 N–H and O–H groups in total. The van der Waals surface area contributed by atoms with Crippen LogP contribution in [-0.2, 0) is 4.79 Å². The molecule has 0 aliphatic rings. The zero-order valence-electron chi connectivity index (χ0n) is 18.7. The smallest absolute Gasteiger partial charge is 0.319 e. The highest BCUT2D eigenvalue weighted by atomic mass is 16.5. The number of hydrogen-bond donors (Lipinski definition) is 4. The first-order chi connectivity index (χ1) is 16.0. The second-order valence-corrected chi connectivity index (χ2v) is 7.73. The number of carbonyl (C=O) groups is 2. The minimum atomic E-state index is -0.693. The number of para-hydroxylation sites is 1. The van der Waals surface area contributed by atoms with Gasteiger partial charge in [0, 0.05) is 17.4 Å². The summed E-state index contributed by atoms with van der Waals surface area (Å²) in [5, 5.41) is 8.43. The summed E-state index contributed by atoms with van der Waals surface area (Å²) in [5.74, 6) is 1.02. The molecule has 3 aromatic carbocycles. The molecule has 33 heavy (non-hydrogen) atoms. The molecule has 0 fully saturated rings. The summed E-state index contributed by atoms with van der Waals surface area (Å²) < 4.78 is 5.81. The zero-order chi connectivity index (χ0) is 23.5. The van der Waals surface area contributed by atoms with Gasteiger partial charge in [-0.15, -0.1) is 0 Å². The minimum absolute atomic E-state index is 0.271. The third-order valence-corrected chi connectivity index (χ3v) is 4.96. The Labute approximate surface area is 194 Å². The van der Waals surface area contributed by atoms with Crippen molar-refractivity contribution < 1.29 is 14.3 Å². The predicted molar refractivity (Wildman–Crippen MR) is 132 cm³/mol. The van der Waals surface area contributed by atoms with Crippen LogP contribution in [0.3, 0.4) is 0 Å². The molecule has 0 bridgehead atoms. The third-order valence-electron chi connectivity index (χ3n) is 4.96. The number of amides is 3. The van der Waals surface area contributed by atoms with Crippen LogP contribution in [0.25, 0.3) is 0 Å². The van der Waals surface area contributed by atoms with E-state index in [1.54, 1.807) is 24.3 Å². The summed E-state index contributed by atoms with van der Waals surface area (Å²) in [6.45, 7) is 2.51. The Kier molecular flexibility index (Phi) is 8.85. The lowest BCUT2D eigenvalue weighted by Crippen LogP contribution is -2.45. The van der Waals surface area contributed by atoms with Crippen molar-refractivity contribution in [2.75, 3.05) is 17.2 Å². The van der Waals surface area contributed by atoms with Gasteiger partial charge in [0.2, 0.25) is 5.91 Å². The van der Waals surface area contributed by atoms with Crippen LogP contribution in [0, 0.1) is 6.92 Å². The molecular weight excluding hydrogens is 416 g/mol. The lowest BCUT2D eigenvalue weighted by atomic mass is 10.1. The lowest BCUT2D eigenvalue weighted by molar-refractivity contribution is -0.118. The Morgan fingerprint density at radius 1 is 0.848 bits per heavy atom. The largest absolute Gasteiger partial charge is 0.457 e. The van der Waals surface area contributed by atoms with Crippen molar-refractivity contribution in [3.05, 3.63) is 84.4 Å². The number of hydrogen-bond acceptors (Lipinski definition) is 4. The summed E-state index contributed by atoms with van der Waals surface area (Å²) in [4.78, 5) is 25.5. The van der Waals surface area contributed by atoms with Gasteiger partial charge in [0.05, 0.1) is 0 Å². The van der Waals surface area contributed by atoms with E-state index in [0.29, 0.717) is 35.8 Å². The van der Waals surface area contributed by atoms with Gasteiger partial charge < -0.3 is 26.4 Å². The first kappa shape index (κ1) is 23.8. The van der Waals surface area contributed by atoms with Gasteiger partial charge in [0.1, 0.15) is 17.5 Å². The van der Waals surface area contributed by atoms with Gasteiger partial charge in [0.25, 0.3) is 0 Å². The molecule has 3 aromatic rings. The number of nitrogens with one attached hydrogen (secondary N) is 3. The molecule has 172 valence electrons. The van der Waals surface area contributed by atoms with Gasteiger partial charge in [-0.05, 0) is 69.1 Å². The van der Waals surface area contributed by atoms with Crippen molar-refractivity contribution >= 4 is 23.3 Å². The highest BCUT2D eigenvalue weighted by molar-refractivity contribution is 5.99. The van der Waals surface area contributed by atoms with Crippen LogP contribution in [0.5, 0.6) is 11.5 Å². The number of nitrogens with two attached hydrogens (primary N) is 1. The second kappa shape index (κ2) is 12.3. The first-order valence-corrected chi connectivity index (χ1v) is 11.0. The Hall–Kier alpha value is -3.84. The highest BCUT2D eigenvalue weighted by Gasteiger charge is 2.21. The standard InChI is InChI=1S/C26H30N4O3/c1-19-13-15-20(16-14-19)28-25(31)24(12-5-6-17-27)30-26(32)29-21-8-7-11-23(18-21)33-22-9-3-2-4-10-22/h2-4,7-11,13-16,18,24H,5-6,12,17,27H2,1H3,(H,28,31)(H2,29,30,32)/t24-/m0/s1. The molecule has 1 atom stereocenters. The molecule has 0 saturated heterocycles. The van der Waals surface area contributed by atoms with Crippen molar-refractivity contribution in [3.63, 3.8) is 0 Å². The van der Waals surface area contributed by atoms with Gasteiger partial charge in [-0.1, -0.05) is 42.0 Å². The number of aryl methyl sites for hydroxylation is 1. The summed E-state index contributed by atoms with van der Waals surface area (Å²) in [5.41, 5.74) is 7.93. The van der Waals surface area contributed by atoms with E-state index in [2.05, 4.69) is 16.0 Å². The molecule has 0 saturated carbocycles. The number of rotatable bonds is 10. The van der Waals surface area contributed by atoms with E-state index in [1.807, 2.05) is 61.5 Å². The van der Waals surface area contributed by atoms with Gasteiger partial charge >= 0.3 is 6.03 Å². The summed E-state index contributed by atoms with van der Waals surface area (Å²) in [7, 11) is 0. The van der Waals surface area contributed by atoms with E-state index in [0.717, 1.165) is 18.4 Å². The molecular formula is C26H30N4O3. The fourth-order valence-electron chi connectivity index (χ4n) is 3.22. The van der Waals surface area contributed by atoms with E-state index in [9.17, 15) is 9.59 Å². The molecule has 0 radical (unpaired) electrons. The van der Waals surface area contributed by atoms with Gasteiger partial charge in [-0.25, -0.2) is 4.79 Å². The Bertz CT molecular complexity index is 1040. The molecule has 3 rings (SSSR count). The average Bonchev–Trinajstić information content (AvgIpc) is 2.81. The molecule has 0 aliphatic carbocycles. The van der Waals surface area contributed by atoms with Crippen LogP contribution < -0.4 is 26.4 Å². The normalized spacial score (nSPS) is 11.3. The van der Waals surface area contributed by atoms with E-state index in [-0.39, 0.29) is 5.91 Å². The van der Waals surface area contributed by atoms with E-state index >= 15 is 0 Å². The first-order valence-electron chi connectivity index (χ1n) is 11.0. The van der Waals surface area contributed by atoms with Crippen molar-refractivity contribution in [2.45, 2.75) is 32.2 Å². The maximum absolute atomic E-state index is 12.8. The molecule has 3 amide bonds. The van der Waals surface area contributed by atoms with Crippen molar-refractivity contribution in [2.24, 2.45) is 5.73 Å². The van der Waals surface area contributed by atoms with E-state index in [4.69, 9.17) is 10.5 Å². The van der Waals surface area contributed by atoms with Gasteiger partial charge in [-0.2, -0.15) is 0 Å². The SMILES string of the molecule is Cc1ccc(NC(=O)[C@H](CCCCN)NC(=O)Nc2cccc(Oc3ccccc3)c2)cc1. The molecule has 0 unspecified atom stereocenters. The van der Waals surface area contributed by atoms with Crippen molar-refractivity contribution in [3.8, 4) is 11.5 Å². The predicted octanol–water partition coefficient (Wildman–Crippen LogP) is 5.05. The number of carbonyl (C=O) groups excluding carboxylic acids is 2. The van der Waals surface area contributed by atoms with Crippen LogP contribution >= 0.6 is 0 Å². The Morgan fingerprint density at radius 3 is 2.30 bits per heavy atom. The van der Waals surface area contributed by atoms with Crippen LogP contribution in [0.15, 0.2) is 78.9 Å². The number of unbranched alkanes of at least 4 members (excludes halogenated alkanes) is 1. The fourth-order valence-corrected chi connectivity index (χ4v) is 3.22. The average molecular weight is 447 g/mol. The second-order valence-electron chi connectivity index (χ2n) is 7.73. The monoisotopic (exact) mass is 446 g/mol. The number of anilines is 2. The molecule has 0 aromatic heterocycles. The Balaban J connectivity index is 1.61. The third kappa shape index (κ3) is 7.97. The molecule has 7 heteroatoms. The van der Waals surface area contributed by atoms with Crippen molar-refractivity contribution in [1.29, 1.82) is 0 Å². The van der Waals surface area contributed by atoms with Crippen LogP contribution in [0.2, 0.25) is 0 Å². The molecule has 0 aliphatic heterocycles. The number of benzene rings is 3. The van der Waals surface area contributed by atoms with Crippen molar-refractivity contribution in [1.82, 2.24) is 5.32 Å².